The zero-order valence-corrected chi connectivity index (χ0v) is 48.1. The molecule has 0 bridgehead atoms. The number of hydrogen-bond acceptors (Lipinski definition) is 14. The second-order valence-corrected chi connectivity index (χ2v) is 16.2. The number of rotatable bonds is 8. The first-order chi connectivity index (χ1) is 28.2. The minimum absolute atomic E-state index is 0. The van der Waals surface area contributed by atoms with Crippen molar-refractivity contribution in [3.8, 4) is 28.7 Å². The van der Waals surface area contributed by atoms with Crippen molar-refractivity contribution >= 4 is 64.2 Å². The first-order valence-electron chi connectivity index (χ1n) is 17.8. The minimum atomic E-state index is -1.44. The molecule has 307 valence electrons. The largest absolute Gasteiger partial charge is 0.508 e. The molecule has 1 saturated heterocycles. The van der Waals surface area contributed by atoms with Crippen LogP contribution in [0.3, 0.4) is 0 Å². The molecule has 16 nitrogen and oxygen atoms in total. The summed E-state index contributed by atoms with van der Waals surface area (Å²) in [4.78, 5) is 80.9. The summed E-state index contributed by atoms with van der Waals surface area (Å²) in [5, 5.41) is 42.5. The number of aliphatic carboxylic acids is 1. The molecule has 4 aliphatic heterocycles. The number of phenolic OH excluding ortho intramolecular Hbond substituents is 3. The summed E-state index contributed by atoms with van der Waals surface area (Å²) in [5.41, 5.74) is -0.721. The molecule has 4 aliphatic rings. The van der Waals surface area contributed by atoms with Crippen molar-refractivity contribution in [2.45, 2.75) is 21.9 Å². The number of nitrogens with one attached hydrogen (secondary N) is 1. The van der Waals surface area contributed by atoms with Gasteiger partial charge in [-0.15, -0.1) is 23.5 Å². The predicted molar refractivity (Wildman–Crippen MR) is 210 cm³/mol. The molecule has 1 aromatic heterocycles. The quantitative estimate of drug-likeness (QED) is 0.0638. The van der Waals surface area contributed by atoms with Crippen LogP contribution in [0.1, 0.15) is 37.4 Å². The molecule has 3 amide bonds. The van der Waals surface area contributed by atoms with E-state index in [9.17, 15) is 49.2 Å². The van der Waals surface area contributed by atoms with Crippen LogP contribution in [0.5, 0.6) is 28.7 Å². The van der Waals surface area contributed by atoms with E-state index < -0.39 is 58.8 Å². The molecule has 2 unspecified atom stereocenters. The fourth-order valence-electron chi connectivity index (χ4n) is 7.70. The van der Waals surface area contributed by atoms with Gasteiger partial charge in [0.15, 0.2) is 5.60 Å². The molecule has 0 aliphatic carbocycles. The fraction of sp³-hybridized carbons (Fsp3) is 0.171. The molecular formula is C41H29Ac3N3O13S2. The Kier molecular flexibility index (Phi) is 15.0. The minimum Gasteiger partial charge on any atom is -0.508 e. The van der Waals surface area contributed by atoms with E-state index in [-0.39, 0.29) is 195 Å². The van der Waals surface area contributed by atoms with Crippen molar-refractivity contribution in [2.24, 2.45) is 0 Å². The SMILES string of the molecule is CN(CC(=O)NC1C(=O)N2C(C(=O)O)=C(CSc3ccc4c(c3)C(=O)OC43c4ccc(O)cc4Oc4cc(O)ccc43)CSC12)C(=O)c1cc2ccc(O)cc2oc1=O.[Ac].[Ac].[Ac]. The van der Waals surface area contributed by atoms with Gasteiger partial charge < -0.3 is 44.5 Å². The van der Waals surface area contributed by atoms with Crippen LogP contribution in [-0.2, 0) is 24.7 Å². The van der Waals surface area contributed by atoms with Crippen LogP contribution in [0.15, 0.2) is 104 Å². The third-order valence-electron chi connectivity index (χ3n) is 10.4. The second-order valence-electron chi connectivity index (χ2n) is 14.1. The van der Waals surface area contributed by atoms with E-state index in [0.29, 0.717) is 32.5 Å². The first kappa shape index (κ1) is 48.9. The van der Waals surface area contributed by atoms with Crippen molar-refractivity contribution in [1.29, 1.82) is 0 Å². The third-order valence-corrected chi connectivity index (χ3v) is 12.8. The van der Waals surface area contributed by atoms with Gasteiger partial charge in [-0.2, -0.15) is 0 Å². The number of carbonyl (C=O) groups is 5. The smallest absolute Gasteiger partial charge is 0.352 e. The number of carboxylic acids is 1. The Labute approximate surface area is 466 Å². The number of nitrogens with zero attached hydrogens (tertiary/aromatic N) is 2. The topological polar surface area (TPSA) is 233 Å². The molecule has 1 spiro atoms. The number of carboxylic acid groups (broad SMARTS) is 1. The monoisotopic (exact) mass is 1520 g/mol. The van der Waals surface area contributed by atoms with Crippen molar-refractivity contribution in [1.82, 2.24) is 15.1 Å². The summed E-state index contributed by atoms with van der Waals surface area (Å²) in [6.45, 7) is -0.522. The number of phenols is 3. The summed E-state index contributed by atoms with van der Waals surface area (Å²) >= 11 is 2.52. The van der Waals surface area contributed by atoms with E-state index in [1.807, 2.05) is 0 Å². The molecule has 5 heterocycles. The van der Waals surface area contributed by atoms with E-state index >= 15 is 0 Å². The van der Waals surface area contributed by atoms with Gasteiger partial charge >= 0.3 is 17.6 Å². The van der Waals surface area contributed by atoms with Gasteiger partial charge in [0.25, 0.3) is 11.8 Å². The van der Waals surface area contributed by atoms with Crippen molar-refractivity contribution in [3.63, 3.8) is 0 Å². The van der Waals surface area contributed by atoms with Gasteiger partial charge in [-0.1, -0.05) is 6.07 Å². The standard InChI is InChI=1S/C41H29N3O13S2.3Ac/c1-43(35(49)25-10-18-2-3-20(45)11-29(18)56-39(25)53)15-32(48)42-33-36(50)44-34(38(51)52)19(17-59-37(33)44)16-58-23-6-9-26-24(14-23)40(54)57-41(26)27-7-4-21(46)12-30(27)55-31-13-22(47)5-8-28(31)41;;;/h2-14,33,37,45-47H,15-17H2,1H3,(H,42,48)(H,51,52);;;. The third kappa shape index (κ3) is 8.52. The van der Waals surface area contributed by atoms with Crippen LogP contribution >= 0.6 is 23.5 Å². The van der Waals surface area contributed by atoms with Crippen LogP contribution < -0.4 is 15.7 Å². The van der Waals surface area contributed by atoms with Gasteiger partial charge in [0.1, 0.15) is 57.0 Å². The maximum Gasteiger partial charge on any atom is 0.352 e. The molecular weight excluding hydrogens is 1490 g/mol. The Morgan fingerprint density at radius 1 is 0.871 bits per heavy atom. The summed E-state index contributed by atoms with van der Waals surface area (Å²) < 4.78 is 17.3. The number of aromatic hydroxyl groups is 3. The predicted octanol–water partition coefficient (Wildman–Crippen LogP) is 4.08. The van der Waals surface area contributed by atoms with Crippen LogP contribution in [0.2, 0.25) is 0 Å². The van der Waals surface area contributed by atoms with Crippen molar-refractivity contribution < 1.29 is 190 Å². The number of carbonyl (C=O) groups excluding carboxylic acids is 4. The molecule has 9 rings (SSSR count). The van der Waals surface area contributed by atoms with Crippen molar-refractivity contribution in [2.75, 3.05) is 25.1 Å². The number of benzene rings is 4. The number of esters is 1. The molecule has 62 heavy (non-hydrogen) atoms. The molecule has 5 N–H and O–H groups in total. The molecule has 0 saturated carbocycles. The van der Waals surface area contributed by atoms with Gasteiger partial charge in [-0.25, -0.2) is 14.4 Å². The van der Waals surface area contributed by atoms with Gasteiger partial charge in [0.05, 0.1) is 12.1 Å². The van der Waals surface area contributed by atoms with Crippen LogP contribution in [0.25, 0.3) is 11.0 Å². The number of likely N-dealkylation sites (N-methyl/N-ethyl adjacent to an activating group) is 1. The van der Waals surface area contributed by atoms with Gasteiger partial charge in [-0.05, 0) is 60.2 Å². The summed E-state index contributed by atoms with van der Waals surface area (Å²) in [7, 11) is 1.30. The van der Waals surface area contributed by atoms with Gasteiger partial charge in [0, 0.05) is 196 Å². The average molecular weight is 1520 g/mol. The molecule has 21 heteroatoms. The number of fused-ring (bicyclic) bond motifs is 8. The van der Waals surface area contributed by atoms with E-state index in [2.05, 4.69) is 5.32 Å². The summed E-state index contributed by atoms with van der Waals surface area (Å²) in [5.74, 6) is -3.54. The Bertz CT molecular complexity index is 2790. The maximum atomic E-state index is 13.6. The van der Waals surface area contributed by atoms with Gasteiger partial charge in [-0.3, -0.25) is 19.3 Å². The zero-order chi connectivity index (χ0) is 41.5. The normalized spacial score (nSPS) is 17.3. The number of hydrogen-bond donors (Lipinski definition) is 5. The average Bonchev–Trinajstić information content (AvgIpc) is 3.48. The Balaban J connectivity index is 0.00000214. The van der Waals surface area contributed by atoms with E-state index in [1.54, 1.807) is 30.3 Å². The number of thioether (sulfide) groups is 2. The molecule has 2 atom stereocenters. The van der Waals surface area contributed by atoms with Crippen LogP contribution in [0.4, 0.5) is 0 Å². The molecule has 3 radical (unpaired) electrons. The summed E-state index contributed by atoms with van der Waals surface area (Å²) in [6, 6.07) is 18.3. The fourth-order valence-corrected chi connectivity index (χ4v) is 10.1. The zero-order valence-electron chi connectivity index (χ0n) is 32.2. The molecule has 5 aromatic rings. The van der Waals surface area contributed by atoms with E-state index in [4.69, 9.17) is 13.9 Å². The van der Waals surface area contributed by atoms with E-state index in [1.165, 1.54) is 79.1 Å². The first-order valence-corrected chi connectivity index (χ1v) is 19.8. The summed E-state index contributed by atoms with van der Waals surface area (Å²) in [6.07, 6.45) is 0. The van der Waals surface area contributed by atoms with Crippen LogP contribution in [0, 0.1) is 132 Å². The number of ether oxygens (including phenoxy) is 2. The molecule has 4 aromatic carbocycles. The maximum absolute atomic E-state index is 13.6. The van der Waals surface area contributed by atoms with E-state index in [0.717, 1.165) is 9.80 Å². The van der Waals surface area contributed by atoms with Crippen molar-refractivity contribution in [3.05, 3.63) is 128 Å². The van der Waals surface area contributed by atoms with Gasteiger partial charge in [0.2, 0.25) is 5.91 Å². The number of amides is 3. The second kappa shape index (κ2) is 19.1. The molecule has 1 fully saturated rings. The Morgan fingerprint density at radius 2 is 1.50 bits per heavy atom. The Hall–Kier alpha value is -2.60. The Morgan fingerprint density at radius 3 is 2.16 bits per heavy atom. The van der Waals surface area contributed by atoms with Crippen LogP contribution in [-0.4, -0.2) is 96.4 Å². The number of β-lactam (4-membered cyclic amide) rings is 1.